The van der Waals surface area contributed by atoms with E-state index in [9.17, 15) is 4.79 Å². The maximum absolute atomic E-state index is 11.9. The Kier molecular flexibility index (Phi) is 11.0. The van der Waals surface area contributed by atoms with Gasteiger partial charge >= 0.3 is 0 Å². The summed E-state index contributed by atoms with van der Waals surface area (Å²) in [6, 6.07) is 13.9. The van der Waals surface area contributed by atoms with Crippen molar-refractivity contribution in [1.82, 2.24) is 20.9 Å². The molecule has 0 aliphatic heterocycles. The molecule has 0 atom stereocenters. The Morgan fingerprint density at radius 3 is 2.42 bits per heavy atom. The highest BCUT2D eigenvalue weighted by atomic mass is 127. The van der Waals surface area contributed by atoms with E-state index in [4.69, 9.17) is 0 Å². The molecule has 1 heterocycles. The standard InChI is InChI=1S/C19H25N5O.HI/c1-20-19(23-12-5-9-16-7-3-2-4-8-16)24-14-13-22-18(25)17-10-6-11-21-15-17;/h2-4,6-8,10-11,15H,5,9,12-14H2,1H3,(H,22,25)(H2,20,23,24);1H. The second-order valence-electron chi connectivity index (χ2n) is 5.51. The van der Waals surface area contributed by atoms with E-state index in [1.54, 1.807) is 31.6 Å². The van der Waals surface area contributed by atoms with Crippen molar-refractivity contribution >= 4 is 35.8 Å². The minimum Gasteiger partial charge on any atom is -0.356 e. The number of nitrogens with one attached hydrogen (secondary N) is 3. The summed E-state index contributed by atoms with van der Waals surface area (Å²) in [5.41, 5.74) is 1.90. The first kappa shape index (κ1) is 21.9. The van der Waals surface area contributed by atoms with Gasteiger partial charge in [0.15, 0.2) is 5.96 Å². The summed E-state index contributed by atoms with van der Waals surface area (Å²) >= 11 is 0. The zero-order chi connectivity index (χ0) is 17.7. The smallest absolute Gasteiger partial charge is 0.252 e. The quantitative estimate of drug-likeness (QED) is 0.241. The van der Waals surface area contributed by atoms with Gasteiger partial charge in [-0.15, -0.1) is 24.0 Å². The molecule has 0 aliphatic carbocycles. The summed E-state index contributed by atoms with van der Waals surface area (Å²) in [4.78, 5) is 20.0. The van der Waals surface area contributed by atoms with E-state index in [-0.39, 0.29) is 29.9 Å². The van der Waals surface area contributed by atoms with Gasteiger partial charge in [0, 0.05) is 39.1 Å². The average molecular weight is 467 g/mol. The van der Waals surface area contributed by atoms with Crippen molar-refractivity contribution in [1.29, 1.82) is 0 Å². The molecule has 3 N–H and O–H groups in total. The number of benzene rings is 1. The predicted octanol–water partition coefficient (Wildman–Crippen LogP) is 2.23. The summed E-state index contributed by atoms with van der Waals surface area (Å²) in [6.07, 6.45) is 5.26. The number of amides is 1. The number of carbonyl (C=O) groups excluding carboxylic acids is 1. The Labute approximate surface area is 171 Å². The van der Waals surface area contributed by atoms with E-state index < -0.39 is 0 Å². The Bertz CT molecular complexity index is 664. The number of halogens is 1. The van der Waals surface area contributed by atoms with Gasteiger partial charge in [-0.25, -0.2) is 0 Å². The molecule has 0 aliphatic rings. The van der Waals surface area contributed by atoms with E-state index in [1.807, 2.05) is 6.07 Å². The van der Waals surface area contributed by atoms with E-state index >= 15 is 0 Å². The van der Waals surface area contributed by atoms with Crippen LogP contribution in [-0.2, 0) is 6.42 Å². The van der Waals surface area contributed by atoms with Gasteiger partial charge in [0.1, 0.15) is 0 Å². The van der Waals surface area contributed by atoms with Crippen LogP contribution in [0.2, 0.25) is 0 Å². The van der Waals surface area contributed by atoms with Gasteiger partial charge < -0.3 is 16.0 Å². The third-order valence-electron chi connectivity index (χ3n) is 3.63. The maximum Gasteiger partial charge on any atom is 0.252 e. The van der Waals surface area contributed by atoms with Crippen LogP contribution >= 0.6 is 24.0 Å². The fourth-order valence-corrected chi connectivity index (χ4v) is 2.32. The van der Waals surface area contributed by atoms with E-state index in [1.165, 1.54) is 5.56 Å². The number of rotatable bonds is 8. The van der Waals surface area contributed by atoms with Crippen molar-refractivity contribution in [2.24, 2.45) is 4.99 Å². The van der Waals surface area contributed by atoms with E-state index in [0.717, 1.165) is 25.3 Å². The Hall–Kier alpha value is -2.16. The molecule has 1 aromatic heterocycles. The topological polar surface area (TPSA) is 78.4 Å². The van der Waals surface area contributed by atoms with Crippen molar-refractivity contribution < 1.29 is 4.79 Å². The molecular formula is C19H26IN5O. The first-order valence-corrected chi connectivity index (χ1v) is 8.46. The van der Waals surface area contributed by atoms with Gasteiger partial charge in [-0.1, -0.05) is 30.3 Å². The van der Waals surface area contributed by atoms with Crippen molar-refractivity contribution in [2.75, 3.05) is 26.7 Å². The third kappa shape index (κ3) is 8.28. The number of pyridine rings is 1. The van der Waals surface area contributed by atoms with Crippen molar-refractivity contribution in [3.63, 3.8) is 0 Å². The molecule has 0 fully saturated rings. The molecule has 0 bridgehead atoms. The van der Waals surface area contributed by atoms with Gasteiger partial charge in [0.25, 0.3) is 5.91 Å². The van der Waals surface area contributed by atoms with E-state index in [2.05, 4.69) is 50.2 Å². The minimum atomic E-state index is -0.124. The lowest BCUT2D eigenvalue weighted by atomic mass is 10.1. The van der Waals surface area contributed by atoms with Gasteiger partial charge in [-0.05, 0) is 30.5 Å². The first-order valence-electron chi connectivity index (χ1n) is 8.46. The lowest BCUT2D eigenvalue weighted by Gasteiger charge is -2.12. The second-order valence-corrected chi connectivity index (χ2v) is 5.51. The fourth-order valence-electron chi connectivity index (χ4n) is 2.32. The van der Waals surface area contributed by atoms with Crippen LogP contribution in [-0.4, -0.2) is 43.5 Å². The number of nitrogens with zero attached hydrogens (tertiary/aromatic N) is 2. The van der Waals surface area contributed by atoms with Crippen molar-refractivity contribution in [3.05, 3.63) is 66.0 Å². The molecule has 0 radical (unpaired) electrons. The largest absolute Gasteiger partial charge is 0.356 e. The Morgan fingerprint density at radius 1 is 1.00 bits per heavy atom. The molecule has 0 unspecified atom stereocenters. The zero-order valence-electron chi connectivity index (χ0n) is 14.9. The first-order chi connectivity index (χ1) is 12.3. The van der Waals surface area contributed by atoms with Gasteiger partial charge in [0.05, 0.1) is 5.56 Å². The normalized spacial score (nSPS) is 10.6. The molecular weight excluding hydrogens is 441 g/mol. The summed E-state index contributed by atoms with van der Waals surface area (Å²) < 4.78 is 0. The number of hydrogen-bond donors (Lipinski definition) is 3. The van der Waals surface area contributed by atoms with Crippen LogP contribution in [0.1, 0.15) is 22.3 Å². The van der Waals surface area contributed by atoms with E-state index in [0.29, 0.717) is 18.7 Å². The lowest BCUT2D eigenvalue weighted by Crippen LogP contribution is -2.41. The molecule has 0 spiro atoms. The summed E-state index contributed by atoms with van der Waals surface area (Å²) in [5, 5.41) is 9.30. The van der Waals surface area contributed by atoms with Crippen LogP contribution in [0.5, 0.6) is 0 Å². The van der Waals surface area contributed by atoms with Crippen LogP contribution in [0.4, 0.5) is 0 Å². The van der Waals surface area contributed by atoms with Crippen LogP contribution in [0.25, 0.3) is 0 Å². The monoisotopic (exact) mass is 467 g/mol. The molecule has 1 aromatic carbocycles. The molecule has 7 heteroatoms. The SMILES string of the molecule is CN=C(NCCCc1ccccc1)NCCNC(=O)c1cccnc1.I. The number of hydrogen-bond acceptors (Lipinski definition) is 3. The van der Waals surface area contributed by atoms with Gasteiger partial charge in [0.2, 0.25) is 0 Å². The minimum absolute atomic E-state index is 0. The van der Waals surface area contributed by atoms with Crippen LogP contribution in [0.3, 0.4) is 0 Å². The number of aryl methyl sites for hydroxylation is 1. The van der Waals surface area contributed by atoms with Crippen molar-refractivity contribution in [3.8, 4) is 0 Å². The molecule has 2 rings (SSSR count). The van der Waals surface area contributed by atoms with Crippen LogP contribution in [0.15, 0.2) is 59.9 Å². The summed E-state index contributed by atoms with van der Waals surface area (Å²) in [5.74, 6) is 0.615. The number of aromatic nitrogens is 1. The lowest BCUT2D eigenvalue weighted by molar-refractivity contribution is 0.0954. The van der Waals surface area contributed by atoms with Crippen LogP contribution in [0, 0.1) is 0 Å². The highest BCUT2D eigenvalue weighted by molar-refractivity contribution is 14.0. The zero-order valence-corrected chi connectivity index (χ0v) is 17.3. The molecule has 140 valence electrons. The Balaban J connectivity index is 0.00000338. The molecule has 2 aromatic rings. The highest BCUT2D eigenvalue weighted by Gasteiger charge is 2.04. The van der Waals surface area contributed by atoms with Crippen molar-refractivity contribution in [2.45, 2.75) is 12.8 Å². The predicted molar refractivity (Wildman–Crippen MR) is 116 cm³/mol. The Morgan fingerprint density at radius 2 is 1.73 bits per heavy atom. The molecule has 6 nitrogen and oxygen atoms in total. The summed E-state index contributed by atoms with van der Waals surface area (Å²) in [7, 11) is 1.74. The molecule has 0 saturated heterocycles. The second kappa shape index (κ2) is 13.1. The van der Waals surface area contributed by atoms with Gasteiger partial charge in [-0.3, -0.25) is 14.8 Å². The number of carbonyl (C=O) groups is 1. The third-order valence-corrected chi connectivity index (χ3v) is 3.63. The van der Waals surface area contributed by atoms with Gasteiger partial charge in [-0.2, -0.15) is 0 Å². The maximum atomic E-state index is 11.9. The average Bonchev–Trinajstić information content (AvgIpc) is 2.68. The molecule has 26 heavy (non-hydrogen) atoms. The summed E-state index contributed by atoms with van der Waals surface area (Å²) in [6.45, 7) is 1.96. The molecule has 1 amide bonds. The highest BCUT2D eigenvalue weighted by Crippen LogP contribution is 2.01. The number of aliphatic imine (C=N–C) groups is 1. The molecule has 0 saturated carbocycles. The van der Waals surface area contributed by atoms with Crippen LogP contribution < -0.4 is 16.0 Å². The fraction of sp³-hybridized carbons (Fsp3) is 0.316. The number of guanidine groups is 1.